The molecule has 0 spiro atoms. The summed E-state index contributed by atoms with van der Waals surface area (Å²) >= 11 is 0. The van der Waals surface area contributed by atoms with Crippen LogP contribution in [0.5, 0.6) is 0 Å². The largest absolute Gasteiger partial charge is 0.369 e. The number of nitrogens with one attached hydrogen (secondary N) is 2. The summed E-state index contributed by atoms with van der Waals surface area (Å²) < 4.78 is 0. The van der Waals surface area contributed by atoms with Gasteiger partial charge >= 0.3 is 0 Å². The van der Waals surface area contributed by atoms with Gasteiger partial charge in [-0.05, 0) is 18.4 Å². The van der Waals surface area contributed by atoms with Gasteiger partial charge in [0.1, 0.15) is 5.82 Å². The van der Waals surface area contributed by atoms with Gasteiger partial charge in [0.2, 0.25) is 0 Å². The van der Waals surface area contributed by atoms with E-state index in [0.717, 1.165) is 31.1 Å². The molecule has 4 heteroatoms. The van der Waals surface area contributed by atoms with Gasteiger partial charge in [0.05, 0.1) is 18.1 Å². The standard InChI is InChI=1S/C15H28N4/c1-5-13(6-2)8-18-15-11-17-14(10-19-15)9-16-7-12(3)4/h10-13,16H,5-9H2,1-4H3,(H,18,19). The Balaban J connectivity index is 2.34. The lowest BCUT2D eigenvalue weighted by Gasteiger charge is -2.13. The second-order valence-corrected chi connectivity index (χ2v) is 5.48. The van der Waals surface area contributed by atoms with Gasteiger partial charge in [0.15, 0.2) is 0 Å². The molecule has 0 radical (unpaired) electrons. The van der Waals surface area contributed by atoms with Crippen molar-refractivity contribution in [3.8, 4) is 0 Å². The maximum atomic E-state index is 4.42. The highest BCUT2D eigenvalue weighted by Crippen LogP contribution is 2.09. The molecule has 1 aromatic rings. The molecule has 0 atom stereocenters. The van der Waals surface area contributed by atoms with Crippen LogP contribution in [0.3, 0.4) is 0 Å². The number of aromatic nitrogens is 2. The number of nitrogens with zero attached hydrogens (tertiary/aromatic N) is 2. The molecule has 1 aromatic heterocycles. The second-order valence-electron chi connectivity index (χ2n) is 5.48. The Morgan fingerprint density at radius 3 is 2.32 bits per heavy atom. The van der Waals surface area contributed by atoms with Crippen LogP contribution >= 0.6 is 0 Å². The summed E-state index contributed by atoms with van der Waals surface area (Å²) in [6.07, 6.45) is 6.08. The highest BCUT2D eigenvalue weighted by Gasteiger charge is 2.04. The normalized spacial score (nSPS) is 11.3. The first-order valence-corrected chi connectivity index (χ1v) is 7.41. The van der Waals surface area contributed by atoms with Crippen LogP contribution in [-0.4, -0.2) is 23.1 Å². The monoisotopic (exact) mass is 264 g/mol. The lowest BCUT2D eigenvalue weighted by molar-refractivity contribution is 0.518. The molecule has 2 N–H and O–H groups in total. The van der Waals surface area contributed by atoms with Crippen LogP contribution in [0.15, 0.2) is 12.4 Å². The van der Waals surface area contributed by atoms with Gasteiger partial charge in [-0.3, -0.25) is 4.98 Å². The molecule has 0 aromatic carbocycles. The van der Waals surface area contributed by atoms with Crippen molar-refractivity contribution in [2.24, 2.45) is 11.8 Å². The zero-order valence-corrected chi connectivity index (χ0v) is 12.7. The van der Waals surface area contributed by atoms with E-state index in [4.69, 9.17) is 0 Å². The van der Waals surface area contributed by atoms with Crippen molar-refractivity contribution in [3.05, 3.63) is 18.1 Å². The third-order valence-corrected chi connectivity index (χ3v) is 3.29. The van der Waals surface area contributed by atoms with Gasteiger partial charge in [-0.1, -0.05) is 40.5 Å². The molecule has 0 aliphatic heterocycles. The van der Waals surface area contributed by atoms with Crippen LogP contribution in [0.4, 0.5) is 5.82 Å². The fraction of sp³-hybridized carbons (Fsp3) is 0.733. The Hall–Kier alpha value is -1.16. The zero-order valence-electron chi connectivity index (χ0n) is 12.7. The van der Waals surface area contributed by atoms with Gasteiger partial charge in [-0.2, -0.15) is 0 Å². The van der Waals surface area contributed by atoms with Crippen LogP contribution in [-0.2, 0) is 6.54 Å². The van der Waals surface area contributed by atoms with E-state index in [-0.39, 0.29) is 0 Å². The molecule has 1 heterocycles. The summed E-state index contributed by atoms with van der Waals surface area (Å²) in [5, 5.41) is 6.72. The lowest BCUT2D eigenvalue weighted by Crippen LogP contribution is -2.20. The summed E-state index contributed by atoms with van der Waals surface area (Å²) in [6, 6.07) is 0. The van der Waals surface area contributed by atoms with E-state index in [9.17, 15) is 0 Å². The predicted octanol–water partition coefficient (Wildman–Crippen LogP) is 3.07. The summed E-state index contributed by atoms with van der Waals surface area (Å²) in [4.78, 5) is 8.82. The topological polar surface area (TPSA) is 49.8 Å². The van der Waals surface area contributed by atoms with Crippen LogP contribution in [0.1, 0.15) is 46.2 Å². The minimum atomic E-state index is 0.661. The van der Waals surface area contributed by atoms with E-state index < -0.39 is 0 Å². The van der Waals surface area contributed by atoms with Crippen molar-refractivity contribution in [1.82, 2.24) is 15.3 Å². The fourth-order valence-electron chi connectivity index (χ4n) is 1.85. The van der Waals surface area contributed by atoms with E-state index in [1.165, 1.54) is 12.8 Å². The summed E-state index contributed by atoms with van der Waals surface area (Å²) in [5.74, 6) is 2.25. The Morgan fingerprint density at radius 1 is 1.05 bits per heavy atom. The molecule has 0 aliphatic carbocycles. The Bertz CT molecular complexity index is 331. The SMILES string of the molecule is CCC(CC)CNc1cnc(CNCC(C)C)cn1. The summed E-state index contributed by atoms with van der Waals surface area (Å²) in [7, 11) is 0. The highest BCUT2D eigenvalue weighted by molar-refractivity contribution is 5.30. The summed E-state index contributed by atoms with van der Waals surface area (Å²) in [6.45, 7) is 11.6. The van der Waals surface area contributed by atoms with E-state index in [2.05, 4.69) is 48.3 Å². The molecule has 108 valence electrons. The summed E-state index contributed by atoms with van der Waals surface area (Å²) in [5.41, 5.74) is 0.994. The average Bonchev–Trinajstić information content (AvgIpc) is 2.41. The van der Waals surface area contributed by atoms with Crippen molar-refractivity contribution in [1.29, 1.82) is 0 Å². The Kier molecular flexibility index (Phi) is 7.41. The van der Waals surface area contributed by atoms with Gasteiger partial charge in [-0.25, -0.2) is 4.98 Å². The van der Waals surface area contributed by atoms with E-state index >= 15 is 0 Å². The third kappa shape index (κ3) is 6.53. The quantitative estimate of drug-likeness (QED) is 0.719. The van der Waals surface area contributed by atoms with E-state index in [0.29, 0.717) is 11.8 Å². The molecule has 0 fully saturated rings. The lowest BCUT2D eigenvalue weighted by atomic mass is 10.0. The first-order chi connectivity index (χ1) is 9.15. The molecule has 0 bridgehead atoms. The van der Waals surface area contributed by atoms with Crippen molar-refractivity contribution >= 4 is 5.82 Å². The molecular weight excluding hydrogens is 236 g/mol. The fourth-order valence-corrected chi connectivity index (χ4v) is 1.85. The molecule has 1 rings (SSSR count). The predicted molar refractivity (Wildman–Crippen MR) is 81.1 cm³/mol. The van der Waals surface area contributed by atoms with Crippen LogP contribution in [0.2, 0.25) is 0 Å². The Morgan fingerprint density at radius 2 is 1.79 bits per heavy atom. The second kappa shape index (κ2) is 8.86. The third-order valence-electron chi connectivity index (χ3n) is 3.29. The van der Waals surface area contributed by atoms with E-state index in [1.807, 2.05) is 12.4 Å². The average molecular weight is 264 g/mol. The maximum Gasteiger partial charge on any atom is 0.144 e. The minimum absolute atomic E-state index is 0.661. The molecule has 0 saturated carbocycles. The molecule has 0 amide bonds. The van der Waals surface area contributed by atoms with Gasteiger partial charge in [0, 0.05) is 13.1 Å². The molecule has 0 aliphatic rings. The molecule has 4 nitrogen and oxygen atoms in total. The van der Waals surface area contributed by atoms with Crippen molar-refractivity contribution in [2.75, 3.05) is 18.4 Å². The van der Waals surface area contributed by atoms with Crippen LogP contribution in [0.25, 0.3) is 0 Å². The zero-order chi connectivity index (χ0) is 14.1. The first kappa shape index (κ1) is 15.9. The van der Waals surface area contributed by atoms with Gasteiger partial charge in [-0.15, -0.1) is 0 Å². The molecule has 0 unspecified atom stereocenters. The van der Waals surface area contributed by atoms with Crippen molar-refractivity contribution in [2.45, 2.75) is 47.1 Å². The number of rotatable bonds is 9. The number of hydrogen-bond donors (Lipinski definition) is 2. The molecular formula is C15H28N4. The minimum Gasteiger partial charge on any atom is -0.369 e. The van der Waals surface area contributed by atoms with Crippen molar-refractivity contribution < 1.29 is 0 Å². The van der Waals surface area contributed by atoms with Crippen LogP contribution < -0.4 is 10.6 Å². The van der Waals surface area contributed by atoms with Gasteiger partial charge in [0.25, 0.3) is 0 Å². The first-order valence-electron chi connectivity index (χ1n) is 7.41. The maximum absolute atomic E-state index is 4.42. The number of hydrogen-bond acceptors (Lipinski definition) is 4. The molecule has 0 saturated heterocycles. The number of anilines is 1. The van der Waals surface area contributed by atoms with E-state index in [1.54, 1.807) is 0 Å². The molecule has 19 heavy (non-hydrogen) atoms. The van der Waals surface area contributed by atoms with Crippen molar-refractivity contribution in [3.63, 3.8) is 0 Å². The smallest absolute Gasteiger partial charge is 0.144 e. The highest BCUT2D eigenvalue weighted by atomic mass is 15.0. The Labute approximate surface area is 117 Å². The van der Waals surface area contributed by atoms with Gasteiger partial charge < -0.3 is 10.6 Å². The van der Waals surface area contributed by atoms with Crippen LogP contribution in [0, 0.1) is 11.8 Å².